The van der Waals surface area contributed by atoms with Crippen LogP contribution in [0.4, 0.5) is 0 Å². The van der Waals surface area contributed by atoms with Crippen molar-refractivity contribution in [3.05, 3.63) is 65.4 Å². The Morgan fingerprint density at radius 1 is 1.13 bits per heavy atom. The number of hydrogen-bond donors (Lipinski definition) is 1. The van der Waals surface area contributed by atoms with Gasteiger partial charge in [-0.3, -0.25) is 0 Å². The van der Waals surface area contributed by atoms with Crippen LogP contribution in [-0.2, 0) is 16.1 Å². The molecule has 0 saturated carbocycles. The molecule has 2 N–H and O–H groups in total. The molecule has 0 aromatic heterocycles. The summed E-state index contributed by atoms with van der Waals surface area (Å²) in [6.07, 6.45) is 1.52. The molecule has 2 aromatic carbocycles. The first-order chi connectivity index (χ1) is 11.1. The van der Waals surface area contributed by atoms with E-state index in [-0.39, 0.29) is 5.70 Å². The molecule has 0 unspecified atom stereocenters. The van der Waals surface area contributed by atoms with Crippen LogP contribution < -0.4 is 15.2 Å². The molecule has 0 amide bonds. The Labute approximate surface area is 135 Å². The summed E-state index contributed by atoms with van der Waals surface area (Å²) < 4.78 is 15.7. The molecule has 0 saturated heterocycles. The third-order valence-electron chi connectivity index (χ3n) is 3.19. The number of ether oxygens (including phenoxy) is 3. The van der Waals surface area contributed by atoms with E-state index >= 15 is 0 Å². The fourth-order valence-corrected chi connectivity index (χ4v) is 1.97. The van der Waals surface area contributed by atoms with Crippen molar-refractivity contribution in [2.24, 2.45) is 5.73 Å². The number of rotatable bonds is 6. The third kappa shape index (κ3) is 4.51. The lowest BCUT2D eigenvalue weighted by Crippen LogP contribution is -2.12. The van der Waals surface area contributed by atoms with E-state index in [2.05, 4.69) is 4.74 Å². The van der Waals surface area contributed by atoms with Crippen LogP contribution in [0.2, 0.25) is 0 Å². The van der Waals surface area contributed by atoms with Crippen molar-refractivity contribution in [3.8, 4) is 11.5 Å². The molecule has 0 radical (unpaired) electrons. The van der Waals surface area contributed by atoms with E-state index in [4.69, 9.17) is 15.2 Å². The number of nitrogens with two attached hydrogens (primary N) is 1. The van der Waals surface area contributed by atoms with Crippen LogP contribution >= 0.6 is 0 Å². The molecule has 2 rings (SSSR count). The minimum absolute atomic E-state index is 0.00206. The predicted octanol–water partition coefficient (Wildman–Crippen LogP) is 2.75. The van der Waals surface area contributed by atoms with Crippen LogP contribution in [-0.4, -0.2) is 20.2 Å². The summed E-state index contributed by atoms with van der Waals surface area (Å²) in [4.78, 5) is 11.4. The molecule has 0 heterocycles. The highest BCUT2D eigenvalue weighted by atomic mass is 16.5. The zero-order valence-corrected chi connectivity index (χ0v) is 13.1. The number of benzene rings is 2. The maximum absolute atomic E-state index is 11.4. The van der Waals surface area contributed by atoms with Crippen molar-refractivity contribution in [1.82, 2.24) is 0 Å². The number of methoxy groups -OCH3 is 2. The Kier molecular flexibility index (Phi) is 5.63. The molecule has 5 heteroatoms. The van der Waals surface area contributed by atoms with Crippen molar-refractivity contribution >= 4 is 12.0 Å². The van der Waals surface area contributed by atoms with Gasteiger partial charge in [0.2, 0.25) is 0 Å². The highest BCUT2D eigenvalue weighted by Crippen LogP contribution is 2.27. The van der Waals surface area contributed by atoms with Gasteiger partial charge in [0.25, 0.3) is 0 Å². The molecule has 0 spiro atoms. The average Bonchev–Trinajstić information content (AvgIpc) is 2.60. The van der Waals surface area contributed by atoms with Gasteiger partial charge in [-0.25, -0.2) is 4.79 Å². The molecule has 0 fully saturated rings. The standard InChI is InChI=1S/C18H19NO4/c1-21-15-9-8-14(10-16(19)18(20)22-2)17(11-15)23-12-13-6-4-3-5-7-13/h3-11H,12,19H2,1-2H3/b16-10-. The minimum Gasteiger partial charge on any atom is -0.497 e. The van der Waals surface area contributed by atoms with Gasteiger partial charge >= 0.3 is 5.97 Å². The second-order valence-electron chi connectivity index (χ2n) is 4.77. The fraction of sp³-hybridized carbons (Fsp3) is 0.167. The lowest BCUT2D eigenvalue weighted by atomic mass is 10.1. The molecule has 0 aliphatic carbocycles. The molecular weight excluding hydrogens is 294 g/mol. The third-order valence-corrected chi connectivity index (χ3v) is 3.19. The Morgan fingerprint density at radius 2 is 1.87 bits per heavy atom. The van der Waals surface area contributed by atoms with Crippen molar-refractivity contribution in [2.45, 2.75) is 6.61 Å². The van der Waals surface area contributed by atoms with Crippen LogP contribution in [0.1, 0.15) is 11.1 Å². The lowest BCUT2D eigenvalue weighted by molar-refractivity contribution is -0.136. The summed E-state index contributed by atoms with van der Waals surface area (Å²) in [5.74, 6) is 0.636. The molecular formula is C18H19NO4. The maximum Gasteiger partial charge on any atom is 0.353 e. The largest absolute Gasteiger partial charge is 0.497 e. The first-order valence-corrected chi connectivity index (χ1v) is 7.04. The van der Waals surface area contributed by atoms with E-state index in [9.17, 15) is 4.79 Å². The van der Waals surface area contributed by atoms with Crippen molar-refractivity contribution in [3.63, 3.8) is 0 Å². The van der Waals surface area contributed by atoms with Gasteiger partial charge in [-0.1, -0.05) is 30.3 Å². The quantitative estimate of drug-likeness (QED) is 0.656. The van der Waals surface area contributed by atoms with Gasteiger partial charge in [-0.2, -0.15) is 0 Å². The average molecular weight is 313 g/mol. The van der Waals surface area contributed by atoms with E-state index in [1.807, 2.05) is 30.3 Å². The first kappa shape index (κ1) is 16.4. The second kappa shape index (κ2) is 7.89. The van der Waals surface area contributed by atoms with Crippen molar-refractivity contribution < 1.29 is 19.0 Å². The lowest BCUT2D eigenvalue weighted by Gasteiger charge is -2.11. The van der Waals surface area contributed by atoms with Crippen LogP contribution in [0.25, 0.3) is 6.08 Å². The van der Waals surface area contributed by atoms with Gasteiger partial charge in [0.1, 0.15) is 23.8 Å². The van der Waals surface area contributed by atoms with Crippen LogP contribution in [0, 0.1) is 0 Å². The number of carbonyl (C=O) groups is 1. The SMILES string of the molecule is COC(=O)/C(N)=C/c1ccc(OC)cc1OCc1ccccc1. The molecule has 0 bridgehead atoms. The summed E-state index contributed by atoms with van der Waals surface area (Å²) in [7, 11) is 2.86. The van der Waals surface area contributed by atoms with Gasteiger partial charge < -0.3 is 19.9 Å². The topological polar surface area (TPSA) is 70.8 Å². The summed E-state index contributed by atoms with van der Waals surface area (Å²) in [6.45, 7) is 0.396. The molecule has 0 aliphatic heterocycles. The van der Waals surface area contributed by atoms with Gasteiger partial charge in [0, 0.05) is 11.6 Å². The van der Waals surface area contributed by atoms with Gasteiger partial charge in [-0.05, 0) is 23.8 Å². The first-order valence-electron chi connectivity index (χ1n) is 7.04. The van der Waals surface area contributed by atoms with Crippen molar-refractivity contribution in [1.29, 1.82) is 0 Å². The Bertz CT molecular complexity index is 695. The Morgan fingerprint density at radius 3 is 2.52 bits per heavy atom. The number of carbonyl (C=O) groups excluding carboxylic acids is 1. The molecule has 5 nitrogen and oxygen atoms in total. The minimum atomic E-state index is -0.588. The smallest absolute Gasteiger partial charge is 0.353 e. The van der Waals surface area contributed by atoms with Gasteiger partial charge in [0.05, 0.1) is 14.2 Å². The second-order valence-corrected chi connectivity index (χ2v) is 4.77. The van der Waals surface area contributed by atoms with Gasteiger partial charge in [-0.15, -0.1) is 0 Å². The van der Waals surface area contributed by atoms with Crippen LogP contribution in [0.3, 0.4) is 0 Å². The number of esters is 1. The predicted molar refractivity (Wildman–Crippen MR) is 87.9 cm³/mol. The molecule has 23 heavy (non-hydrogen) atoms. The van der Waals surface area contributed by atoms with Gasteiger partial charge in [0.15, 0.2) is 0 Å². The monoisotopic (exact) mass is 313 g/mol. The summed E-state index contributed by atoms with van der Waals surface area (Å²) in [5.41, 5.74) is 7.41. The summed E-state index contributed by atoms with van der Waals surface area (Å²) >= 11 is 0. The van der Waals surface area contributed by atoms with E-state index in [1.165, 1.54) is 13.2 Å². The summed E-state index contributed by atoms with van der Waals surface area (Å²) in [5, 5.41) is 0. The zero-order valence-electron chi connectivity index (χ0n) is 13.1. The molecule has 0 atom stereocenters. The van der Waals surface area contributed by atoms with Crippen LogP contribution in [0.5, 0.6) is 11.5 Å². The number of hydrogen-bond acceptors (Lipinski definition) is 5. The van der Waals surface area contributed by atoms with E-state index in [1.54, 1.807) is 25.3 Å². The Balaban J connectivity index is 2.26. The molecule has 0 aliphatic rings. The molecule has 2 aromatic rings. The maximum atomic E-state index is 11.4. The van der Waals surface area contributed by atoms with Crippen molar-refractivity contribution in [2.75, 3.05) is 14.2 Å². The van der Waals surface area contributed by atoms with E-state index in [0.29, 0.717) is 23.7 Å². The zero-order chi connectivity index (χ0) is 16.7. The highest BCUT2D eigenvalue weighted by molar-refractivity contribution is 5.93. The highest BCUT2D eigenvalue weighted by Gasteiger charge is 2.09. The Hall–Kier alpha value is -2.95. The fourth-order valence-electron chi connectivity index (χ4n) is 1.97. The van der Waals surface area contributed by atoms with Crippen LogP contribution in [0.15, 0.2) is 54.2 Å². The van der Waals surface area contributed by atoms with E-state index < -0.39 is 5.97 Å². The van der Waals surface area contributed by atoms with E-state index in [0.717, 1.165) is 5.56 Å². The molecule has 120 valence electrons. The normalized spacial score (nSPS) is 11.0. The summed E-state index contributed by atoms with van der Waals surface area (Å²) in [6, 6.07) is 15.1.